The summed E-state index contributed by atoms with van der Waals surface area (Å²) in [6.07, 6.45) is 1.14. The summed E-state index contributed by atoms with van der Waals surface area (Å²) in [4.78, 5) is 39.1. The first-order valence-corrected chi connectivity index (χ1v) is 32.4. The lowest BCUT2D eigenvalue weighted by atomic mass is 10.2. The molecule has 0 unspecified atom stereocenters. The Labute approximate surface area is 431 Å². The van der Waals surface area contributed by atoms with E-state index in [4.69, 9.17) is 48.7 Å². The average Bonchev–Trinajstić information content (AvgIpc) is 3.91. The highest BCUT2D eigenvalue weighted by molar-refractivity contribution is 7.20. The molecule has 18 heteroatoms. The third-order valence-corrected chi connectivity index (χ3v) is 24.5. The molecular formula is C53H76N8O6S2Si2. The summed E-state index contributed by atoms with van der Waals surface area (Å²) < 4.78 is 31.8. The number of hydrogen-bond acceptors (Lipinski definition) is 15. The number of hydrogen-bond donors (Lipinski definition) is 2. The second-order valence-electron chi connectivity index (χ2n) is 22.3. The van der Waals surface area contributed by atoms with Gasteiger partial charge in [-0.1, -0.05) is 65.8 Å². The number of morpholine rings is 2. The Kier molecular flexibility index (Phi) is 16.9. The highest BCUT2D eigenvalue weighted by Gasteiger charge is 2.40. The molecule has 2 aromatic carbocycles. The van der Waals surface area contributed by atoms with Crippen molar-refractivity contribution in [2.75, 3.05) is 75.5 Å². The number of nitrogens with two attached hydrogens (primary N) is 1. The maximum Gasteiger partial charge on any atom is 0.407 e. The average molecular weight is 1040 g/mol. The zero-order valence-electron chi connectivity index (χ0n) is 44.3. The Morgan fingerprint density at radius 1 is 0.648 bits per heavy atom. The second-order valence-corrected chi connectivity index (χ2v) is 34.0. The van der Waals surface area contributed by atoms with E-state index in [1.807, 2.05) is 51.1 Å². The maximum absolute atomic E-state index is 12.1. The van der Waals surface area contributed by atoms with Gasteiger partial charge < -0.3 is 43.9 Å². The van der Waals surface area contributed by atoms with E-state index in [0.717, 1.165) is 111 Å². The summed E-state index contributed by atoms with van der Waals surface area (Å²) in [5.41, 5.74) is 9.10. The number of amides is 1. The van der Waals surface area contributed by atoms with Gasteiger partial charge in [-0.25, -0.2) is 24.7 Å². The van der Waals surface area contributed by atoms with E-state index in [1.54, 1.807) is 22.7 Å². The lowest BCUT2D eigenvalue weighted by Crippen LogP contribution is -2.43. The van der Waals surface area contributed by atoms with Crippen LogP contribution in [0, 0.1) is 0 Å². The van der Waals surface area contributed by atoms with Gasteiger partial charge in [0.15, 0.2) is 23.3 Å². The van der Waals surface area contributed by atoms with E-state index in [0.29, 0.717) is 38.5 Å². The highest BCUT2D eigenvalue weighted by atomic mass is 32.1. The van der Waals surface area contributed by atoms with Gasteiger partial charge in [0.25, 0.3) is 0 Å². The minimum atomic E-state index is -1.98. The number of anilines is 2. The molecule has 14 nitrogen and oxygen atoms in total. The molecule has 2 fully saturated rings. The Bertz CT molecular complexity index is 2770. The third kappa shape index (κ3) is 13.9. The fourth-order valence-electron chi connectivity index (χ4n) is 7.45. The number of alkyl carbamates (subject to hydrolysis) is 1. The minimum absolute atomic E-state index is 0.104. The molecule has 3 N–H and O–H groups in total. The van der Waals surface area contributed by atoms with Crippen LogP contribution in [-0.4, -0.2) is 114 Å². The number of aromatic nitrogens is 4. The van der Waals surface area contributed by atoms with Crippen molar-refractivity contribution >= 4 is 77.5 Å². The lowest BCUT2D eigenvalue weighted by Gasteiger charge is -2.36. The molecule has 8 rings (SSSR count). The highest BCUT2D eigenvalue weighted by Crippen LogP contribution is 2.41. The molecule has 1 amide bonds. The van der Waals surface area contributed by atoms with E-state index in [-0.39, 0.29) is 10.1 Å². The molecule has 0 radical (unpaired) electrons. The fourth-order valence-corrected chi connectivity index (χ4v) is 11.7. The third-order valence-electron chi connectivity index (χ3n) is 13.4. The topological polar surface area (TPSA) is 159 Å². The van der Waals surface area contributed by atoms with Gasteiger partial charge in [0, 0.05) is 53.6 Å². The van der Waals surface area contributed by atoms with Crippen molar-refractivity contribution in [2.24, 2.45) is 5.73 Å². The molecule has 6 heterocycles. The first-order valence-electron chi connectivity index (χ1n) is 24.9. The first kappa shape index (κ1) is 54.1. The summed E-state index contributed by atoms with van der Waals surface area (Å²) in [5, 5.41) is 3.10. The van der Waals surface area contributed by atoms with Crippen LogP contribution in [0.3, 0.4) is 0 Å². The normalized spacial score (nSPS) is 15.1. The van der Waals surface area contributed by atoms with Crippen LogP contribution in [0.4, 0.5) is 16.4 Å². The van der Waals surface area contributed by atoms with Gasteiger partial charge in [-0.3, -0.25) is 0 Å². The number of nitrogens with one attached hydrogen (secondary N) is 1. The van der Waals surface area contributed by atoms with Crippen LogP contribution in [0.1, 0.15) is 72.1 Å². The summed E-state index contributed by atoms with van der Waals surface area (Å²) in [6, 6.07) is 20.6. The number of fused-ring (bicyclic) bond motifs is 2. The smallest absolute Gasteiger partial charge is 0.407 e. The van der Waals surface area contributed by atoms with Gasteiger partial charge in [-0.2, -0.15) is 0 Å². The van der Waals surface area contributed by atoms with E-state index in [1.165, 1.54) is 4.88 Å². The molecule has 0 bridgehead atoms. The van der Waals surface area contributed by atoms with Crippen LogP contribution in [0.2, 0.25) is 36.3 Å². The molecule has 384 valence electrons. The van der Waals surface area contributed by atoms with Gasteiger partial charge >= 0.3 is 6.09 Å². The molecule has 2 aliphatic heterocycles. The second kappa shape index (κ2) is 22.2. The number of thiophene rings is 2. The monoisotopic (exact) mass is 1040 g/mol. The molecule has 4 aromatic heterocycles. The number of carbonyl (C=O) groups is 1. The van der Waals surface area contributed by atoms with E-state index < -0.39 is 28.3 Å². The molecule has 0 atom stereocenters. The van der Waals surface area contributed by atoms with Crippen LogP contribution in [-0.2, 0) is 27.1 Å². The molecule has 0 aliphatic carbocycles. The van der Waals surface area contributed by atoms with Crippen molar-refractivity contribution in [3.8, 4) is 34.3 Å². The van der Waals surface area contributed by atoms with Crippen molar-refractivity contribution < 1.29 is 27.9 Å². The van der Waals surface area contributed by atoms with Crippen LogP contribution in [0.25, 0.3) is 43.2 Å². The van der Waals surface area contributed by atoms with Crippen LogP contribution >= 0.6 is 22.7 Å². The van der Waals surface area contributed by atoms with Gasteiger partial charge in [-0.15, -0.1) is 22.7 Å². The van der Waals surface area contributed by atoms with Crippen LogP contribution in [0.5, 0.6) is 11.5 Å². The Morgan fingerprint density at radius 2 is 1.07 bits per heavy atom. The Balaban J connectivity index is 0.000000213. The Morgan fingerprint density at radius 3 is 1.46 bits per heavy atom. The lowest BCUT2D eigenvalue weighted by molar-refractivity contribution is 0.0528. The molecule has 71 heavy (non-hydrogen) atoms. The molecule has 6 aromatic rings. The van der Waals surface area contributed by atoms with Gasteiger partial charge in [0.1, 0.15) is 17.1 Å². The van der Waals surface area contributed by atoms with Crippen LogP contribution in [0.15, 0.2) is 60.7 Å². The molecule has 2 saturated heterocycles. The van der Waals surface area contributed by atoms with E-state index in [2.05, 4.69) is 113 Å². The summed E-state index contributed by atoms with van der Waals surface area (Å²) in [6.45, 7) is 35.3. The van der Waals surface area contributed by atoms with Gasteiger partial charge in [0.05, 0.1) is 46.9 Å². The van der Waals surface area contributed by atoms with Crippen molar-refractivity contribution in [3.63, 3.8) is 0 Å². The zero-order chi connectivity index (χ0) is 51.4. The number of benzene rings is 2. The number of carbonyl (C=O) groups excluding carboxylic acids is 1. The molecule has 0 spiro atoms. The summed E-state index contributed by atoms with van der Waals surface area (Å²) in [5.74, 6) is 5.09. The van der Waals surface area contributed by atoms with E-state index in [9.17, 15) is 4.79 Å². The van der Waals surface area contributed by atoms with Crippen molar-refractivity contribution in [1.29, 1.82) is 0 Å². The predicted molar refractivity (Wildman–Crippen MR) is 298 cm³/mol. The quantitative estimate of drug-likeness (QED) is 0.105. The first-order chi connectivity index (χ1) is 33.4. The SMILES string of the molecule is CC(C)(C)OC(=O)NCCc1cc2nc(-c3cccc(O[Si](C)(C)C(C)(C)C)c3)nc(N3CCOCC3)c2s1.CC(C)(C)[Si](C)(C)Oc1cccc(-c2nc(N3CCOCC3)c3sc(CCN)cc3n2)c1. The van der Waals surface area contributed by atoms with E-state index >= 15 is 0 Å². The molecular weight excluding hydrogens is 965 g/mol. The van der Waals surface area contributed by atoms with Gasteiger partial charge in [-0.05, 0) is 113 Å². The van der Waals surface area contributed by atoms with Crippen molar-refractivity contribution in [1.82, 2.24) is 25.3 Å². The number of ether oxygens (including phenoxy) is 3. The van der Waals surface area contributed by atoms with Crippen LogP contribution < -0.4 is 29.7 Å². The number of rotatable bonds is 13. The minimum Gasteiger partial charge on any atom is -0.543 e. The van der Waals surface area contributed by atoms with Crippen molar-refractivity contribution in [3.05, 3.63) is 70.4 Å². The Hall–Kier alpha value is -4.70. The molecule has 2 aliphatic rings. The van der Waals surface area contributed by atoms with Crippen molar-refractivity contribution in [2.45, 2.75) is 117 Å². The maximum atomic E-state index is 12.1. The predicted octanol–water partition coefficient (Wildman–Crippen LogP) is 11.7. The largest absolute Gasteiger partial charge is 0.543 e. The standard InChI is InChI=1S/C29H42N4O4SSi.C24H34N4O2SSi/c1-28(2,3)36-27(34)30-13-12-22-19-23-24(38-22)26(33-14-16-35-17-15-33)32-25(31-23)20-10-9-11-21(18-20)37-39(7,8)29(4,5)6;1-24(2,3)32(4,5)30-18-8-6-7-17(15-18)22-26-20-16-19(9-10-25)31-21(20)23(27-22)28-11-13-29-14-12-28/h9-11,18-19H,12-17H2,1-8H3,(H,30,34);6-8,15-16H,9-14,25H2,1-5H3. The molecule has 0 saturated carbocycles. The number of nitrogens with zero attached hydrogens (tertiary/aromatic N) is 6. The zero-order valence-corrected chi connectivity index (χ0v) is 47.9. The summed E-state index contributed by atoms with van der Waals surface area (Å²) >= 11 is 3.43. The van der Waals surface area contributed by atoms with Gasteiger partial charge in [0.2, 0.25) is 16.6 Å². The fraction of sp³-hybridized carbons (Fsp3) is 0.528. The summed E-state index contributed by atoms with van der Waals surface area (Å²) in [7, 11) is -3.91.